The van der Waals surface area contributed by atoms with Crippen molar-refractivity contribution in [3.8, 4) is 0 Å². The monoisotopic (exact) mass is 486 g/mol. The number of aryl methyl sites for hydroxylation is 2. The third kappa shape index (κ3) is 14.2. The van der Waals surface area contributed by atoms with E-state index in [1.165, 1.54) is 72.1 Å². The molecule has 4 N–H and O–H groups in total. The molecular formula is C31H51FN2O. The fourth-order valence-electron chi connectivity index (χ4n) is 3.16. The Balaban J connectivity index is 0.000000587. The predicted molar refractivity (Wildman–Crippen MR) is 153 cm³/mol. The first-order chi connectivity index (χ1) is 16.6. The summed E-state index contributed by atoms with van der Waals surface area (Å²) in [6.45, 7) is 15.9. The van der Waals surface area contributed by atoms with Gasteiger partial charge in [0.05, 0.1) is 6.61 Å². The number of nitrogens with one attached hydrogen (secondary N) is 1. The Kier molecular flexibility index (Phi) is 18.1. The van der Waals surface area contributed by atoms with Crippen LogP contribution in [-0.4, -0.2) is 31.3 Å². The second-order valence-electron chi connectivity index (χ2n) is 9.54. The second kappa shape index (κ2) is 19.2. The minimum Gasteiger partial charge on any atom is -0.395 e. The van der Waals surface area contributed by atoms with E-state index in [-0.39, 0.29) is 18.5 Å². The predicted octanol–water partition coefficient (Wildman–Crippen LogP) is 7.45. The van der Waals surface area contributed by atoms with E-state index in [1.807, 2.05) is 14.0 Å². The minimum atomic E-state index is -0.197. The smallest absolute Gasteiger partial charge is 0.123 e. The molecule has 2 aromatic rings. The van der Waals surface area contributed by atoms with Gasteiger partial charge in [-0.05, 0) is 107 Å². The van der Waals surface area contributed by atoms with Crippen LogP contribution in [0.5, 0.6) is 0 Å². The Hall–Kier alpha value is -2.01. The molecule has 35 heavy (non-hydrogen) atoms. The van der Waals surface area contributed by atoms with Crippen LogP contribution < -0.4 is 11.1 Å². The lowest BCUT2D eigenvalue weighted by Gasteiger charge is -2.22. The van der Waals surface area contributed by atoms with Crippen LogP contribution in [0.4, 0.5) is 4.39 Å². The van der Waals surface area contributed by atoms with Gasteiger partial charge in [-0.2, -0.15) is 0 Å². The van der Waals surface area contributed by atoms with Crippen molar-refractivity contribution in [2.75, 3.05) is 20.2 Å². The zero-order chi connectivity index (χ0) is 26.8. The fourth-order valence-corrected chi connectivity index (χ4v) is 3.16. The number of allylic oxidation sites excluding steroid dienone is 1. The van der Waals surface area contributed by atoms with Gasteiger partial charge in [0.15, 0.2) is 0 Å². The third-order valence-corrected chi connectivity index (χ3v) is 6.31. The molecule has 0 bridgehead atoms. The molecule has 0 radical (unpaired) electrons. The number of likely N-dealkylation sites (N-methyl/N-ethyl adjacent to an activating group) is 1. The lowest BCUT2D eigenvalue weighted by molar-refractivity contribution is 0.258. The van der Waals surface area contributed by atoms with Crippen LogP contribution in [-0.2, 0) is 0 Å². The summed E-state index contributed by atoms with van der Waals surface area (Å²) in [6.07, 6.45) is 8.93. The lowest BCUT2D eigenvalue weighted by Crippen LogP contribution is -2.24. The van der Waals surface area contributed by atoms with Gasteiger partial charge in [0, 0.05) is 6.04 Å². The zero-order valence-electron chi connectivity index (χ0n) is 23.5. The molecule has 3 nitrogen and oxygen atoms in total. The summed E-state index contributed by atoms with van der Waals surface area (Å²) >= 11 is 0. The van der Waals surface area contributed by atoms with Crippen molar-refractivity contribution in [3.63, 3.8) is 0 Å². The molecule has 1 saturated carbocycles. The highest BCUT2D eigenvalue weighted by molar-refractivity contribution is 5.82. The fraction of sp³-hybridized carbons (Fsp3) is 0.548. The van der Waals surface area contributed by atoms with Crippen molar-refractivity contribution in [2.45, 2.75) is 86.6 Å². The van der Waals surface area contributed by atoms with Gasteiger partial charge < -0.3 is 16.2 Å². The number of halogens is 1. The van der Waals surface area contributed by atoms with Crippen LogP contribution in [0, 0.1) is 32.5 Å². The number of hydrogen-bond acceptors (Lipinski definition) is 3. The lowest BCUT2D eigenvalue weighted by atomic mass is 9.86. The van der Waals surface area contributed by atoms with E-state index in [1.54, 1.807) is 12.1 Å². The summed E-state index contributed by atoms with van der Waals surface area (Å²) in [7, 11) is 1.82. The van der Waals surface area contributed by atoms with Crippen molar-refractivity contribution in [1.29, 1.82) is 0 Å². The van der Waals surface area contributed by atoms with Gasteiger partial charge >= 0.3 is 0 Å². The quantitative estimate of drug-likeness (QED) is 0.372. The summed E-state index contributed by atoms with van der Waals surface area (Å²) in [5.41, 5.74) is 12.7. The Bertz CT molecular complexity index is 827. The van der Waals surface area contributed by atoms with Gasteiger partial charge in [0.2, 0.25) is 0 Å². The number of nitrogens with two attached hydrogens (primary N) is 1. The molecule has 0 aromatic heterocycles. The molecule has 1 aliphatic rings. The molecule has 0 saturated heterocycles. The average molecular weight is 487 g/mol. The Morgan fingerprint density at radius 1 is 1.11 bits per heavy atom. The second-order valence-corrected chi connectivity index (χ2v) is 9.54. The number of benzene rings is 2. The Labute approximate surface area is 215 Å². The maximum atomic E-state index is 12.9. The standard InChI is InChI=1S/C18H19F.C5H11N.C4H11NO.C4H10/c1-12-9-13(2)15(4)18(10-12)14(3)11-16-5-7-17(19)8-6-16;6-4-5-2-1-3-5;1-4(3-6)5-2;1-3-4-2/h5-11H,1-4H3;5H,1-4,6H2;4-6H,3H2,1-2H3;3-4H2,1-2H3/b14-11+;;;. The van der Waals surface area contributed by atoms with Crippen molar-refractivity contribution >= 4 is 11.6 Å². The molecule has 1 atom stereocenters. The van der Waals surface area contributed by atoms with Crippen LogP contribution in [0.1, 0.15) is 87.6 Å². The first-order valence-electron chi connectivity index (χ1n) is 13.1. The molecule has 0 spiro atoms. The largest absolute Gasteiger partial charge is 0.395 e. The molecule has 1 fully saturated rings. The van der Waals surface area contributed by atoms with E-state index < -0.39 is 0 Å². The molecule has 3 rings (SSSR count). The normalized spacial score (nSPS) is 13.7. The first kappa shape index (κ1) is 33.0. The summed E-state index contributed by atoms with van der Waals surface area (Å²) in [6, 6.07) is 11.2. The van der Waals surface area contributed by atoms with Gasteiger partial charge in [-0.3, -0.25) is 0 Å². The summed E-state index contributed by atoms with van der Waals surface area (Å²) in [5.74, 6) is 0.697. The van der Waals surface area contributed by atoms with Gasteiger partial charge in [-0.15, -0.1) is 0 Å². The molecule has 4 heteroatoms. The maximum absolute atomic E-state index is 12.9. The van der Waals surface area contributed by atoms with Crippen LogP contribution >= 0.6 is 0 Å². The Morgan fingerprint density at radius 2 is 1.69 bits per heavy atom. The number of aliphatic hydroxyl groups is 1. The Morgan fingerprint density at radius 3 is 2.03 bits per heavy atom. The third-order valence-electron chi connectivity index (χ3n) is 6.31. The van der Waals surface area contributed by atoms with E-state index in [0.29, 0.717) is 0 Å². The topological polar surface area (TPSA) is 58.3 Å². The van der Waals surface area contributed by atoms with Crippen molar-refractivity contribution in [1.82, 2.24) is 5.32 Å². The van der Waals surface area contributed by atoms with Crippen molar-refractivity contribution in [2.24, 2.45) is 11.7 Å². The van der Waals surface area contributed by atoms with E-state index >= 15 is 0 Å². The highest BCUT2D eigenvalue weighted by atomic mass is 19.1. The highest BCUT2D eigenvalue weighted by Crippen LogP contribution is 2.25. The molecule has 1 unspecified atom stereocenters. The number of rotatable bonds is 6. The van der Waals surface area contributed by atoms with E-state index in [0.717, 1.165) is 18.0 Å². The molecular weight excluding hydrogens is 435 g/mol. The van der Waals surface area contributed by atoms with Gasteiger partial charge in [-0.25, -0.2) is 4.39 Å². The first-order valence-corrected chi connectivity index (χ1v) is 13.1. The molecule has 0 aliphatic heterocycles. The molecule has 0 amide bonds. The highest BCUT2D eigenvalue weighted by Gasteiger charge is 2.13. The molecule has 0 heterocycles. The van der Waals surface area contributed by atoms with Crippen LogP contribution in [0.2, 0.25) is 0 Å². The van der Waals surface area contributed by atoms with Crippen LogP contribution in [0.15, 0.2) is 36.4 Å². The number of hydrogen-bond donors (Lipinski definition) is 3. The van der Waals surface area contributed by atoms with E-state index in [2.05, 4.69) is 65.1 Å². The minimum absolute atomic E-state index is 0.197. The van der Waals surface area contributed by atoms with Gasteiger partial charge in [-0.1, -0.05) is 69.0 Å². The van der Waals surface area contributed by atoms with Gasteiger partial charge in [0.1, 0.15) is 5.82 Å². The number of aliphatic hydroxyl groups excluding tert-OH is 1. The maximum Gasteiger partial charge on any atom is 0.123 e. The summed E-state index contributed by atoms with van der Waals surface area (Å²) in [5, 5.41) is 11.1. The van der Waals surface area contributed by atoms with Gasteiger partial charge in [0.25, 0.3) is 0 Å². The van der Waals surface area contributed by atoms with E-state index in [9.17, 15) is 4.39 Å². The number of unbranched alkanes of at least 4 members (excludes halogenated alkanes) is 1. The molecule has 2 aromatic carbocycles. The molecule has 198 valence electrons. The summed E-state index contributed by atoms with van der Waals surface area (Å²) < 4.78 is 12.9. The van der Waals surface area contributed by atoms with E-state index in [4.69, 9.17) is 10.8 Å². The van der Waals surface area contributed by atoms with Crippen molar-refractivity contribution in [3.05, 3.63) is 70.0 Å². The SMILES string of the molecule is C/C(=C\c1ccc(F)cc1)c1cc(C)cc(C)c1C.CCCC.CNC(C)CO.NCC1CCC1. The van der Waals surface area contributed by atoms with Crippen molar-refractivity contribution < 1.29 is 9.50 Å². The molecule has 1 aliphatic carbocycles. The van der Waals surface area contributed by atoms with Crippen LogP contribution in [0.25, 0.3) is 11.6 Å². The summed E-state index contributed by atoms with van der Waals surface area (Å²) in [4.78, 5) is 0. The van der Waals surface area contributed by atoms with Crippen LogP contribution in [0.3, 0.4) is 0 Å². The zero-order valence-corrected chi connectivity index (χ0v) is 23.5. The average Bonchev–Trinajstić information content (AvgIpc) is 2.82.